The first kappa shape index (κ1) is 15.0. The fourth-order valence-electron chi connectivity index (χ4n) is 1.78. The molecule has 18 heavy (non-hydrogen) atoms. The van der Waals surface area contributed by atoms with Gasteiger partial charge in [-0.05, 0) is 18.6 Å². The average molecular weight is 250 g/mol. The van der Waals surface area contributed by atoms with Crippen LogP contribution in [-0.4, -0.2) is 19.8 Å². The number of unbranched alkanes of at least 4 members (excludes halogenated alkanes) is 4. The Morgan fingerprint density at radius 3 is 2.28 bits per heavy atom. The van der Waals surface area contributed by atoms with Crippen LogP contribution in [0.25, 0.3) is 0 Å². The third-order valence-electron chi connectivity index (χ3n) is 2.84. The van der Waals surface area contributed by atoms with Gasteiger partial charge in [-0.2, -0.15) is 0 Å². The Kier molecular flexibility index (Phi) is 9.27. The van der Waals surface area contributed by atoms with Crippen LogP contribution in [0.2, 0.25) is 0 Å². The molecule has 1 rings (SSSR count). The third kappa shape index (κ3) is 8.13. The maximum atomic E-state index is 5.59. The van der Waals surface area contributed by atoms with E-state index in [-0.39, 0.29) is 0 Å². The minimum atomic E-state index is 0.736. The van der Waals surface area contributed by atoms with Gasteiger partial charge in [-0.1, -0.05) is 50.8 Å². The zero-order valence-electron chi connectivity index (χ0n) is 11.6. The second kappa shape index (κ2) is 11.1. The average Bonchev–Trinajstić information content (AvgIpc) is 2.42. The number of para-hydroxylation sites is 1. The summed E-state index contributed by atoms with van der Waals surface area (Å²) in [5.74, 6) is 0.942. The Morgan fingerprint density at radius 1 is 0.778 bits per heavy atom. The van der Waals surface area contributed by atoms with Crippen LogP contribution in [0.15, 0.2) is 30.3 Å². The van der Waals surface area contributed by atoms with Crippen molar-refractivity contribution < 1.29 is 9.47 Å². The highest BCUT2D eigenvalue weighted by Crippen LogP contribution is 2.08. The van der Waals surface area contributed by atoms with Gasteiger partial charge in [0.15, 0.2) is 0 Å². The molecular weight excluding hydrogens is 224 g/mol. The molecule has 0 fully saturated rings. The van der Waals surface area contributed by atoms with Crippen molar-refractivity contribution in [1.82, 2.24) is 0 Å². The molecule has 0 aliphatic carbocycles. The Balaban J connectivity index is 1.82. The summed E-state index contributed by atoms with van der Waals surface area (Å²) in [7, 11) is 0. The van der Waals surface area contributed by atoms with E-state index in [0.717, 1.165) is 32.0 Å². The number of rotatable bonds is 11. The zero-order chi connectivity index (χ0) is 12.9. The minimum Gasteiger partial charge on any atom is -0.494 e. The van der Waals surface area contributed by atoms with Crippen molar-refractivity contribution in [1.29, 1.82) is 0 Å². The monoisotopic (exact) mass is 250 g/mol. The van der Waals surface area contributed by atoms with Crippen molar-refractivity contribution in [2.45, 2.75) is 45.4 Å². The van der Waals surface area contributed by atoms with Crippen LogP contribution in [0, 0.1) is 0 Å². The first-order chi connectivity index (χ1) is 8.93. The van der Waals surface area contributed by atoms with Crippen LogP contribution in [0.4, 0.5) is 0 Å². The molecule has 0 aromatic heterocycles. The van der Waals surface area contributed by atoms with Crippen molar-refractivity contribution in [2.24, 2.45) is 0 Å². The Hall–Kier alpha value is -1.02. The topological polar surface area (TPSA) is 18.5 Å². The molecule has 0 bridgehead atoms. The predicted octanol–water partition coefficient (Wildman–Crippen LogP) is 4.44. The highest BCUT2D eigenvalue weighted by molar-refractivity contribution is 5.20. The molecule has 0 aliphatic rings. The molecule has 0 atom stereocenters. The van der Waals surface area contributed by atoms with Crippen LogP contribution in [0.5, 0.6) is 5.75 Å². The minimum absolute atomic E-state index is 0.736. The van der Waals surface area contributed by atoms with Crippen LogP contribution in [-0.2, 0) is 4.74 Å². The fraction of sp³-hybridized carbons (Fsp3) is 0.625. The van der Waals surface area contributed by atoms with Crippen molar-refractivity contribution in [2.75, 3.05) is 19.8 Å². The maximum absolute atomic E-state index is 5.59. The Morgan fingerprint density at radius 2 is 1.50 bits per heavy atom. The number of benzene rings is 1. The summed E-state index contributed by atoms with van der Waals surface area (Å²) < 4.78 is 11.2. The lowest BCUT2D eigenvalue weighted by molar-refractivity contribution is 0.116. The Labute approximate surface area is 111 Å². The first-order valence-electron chi connectivity index (χ1n) is 7.19. The number of hydrogen-bond acceptors (Lipinski definition) is 2. The van der Waals surface area contributed by atoms with Gasteiger partial charge in [0, 0.05) is 19.6 Å². The summed E-state index contributed by atoms with van der Waals surface area (Å²) in [4.78, 5) is 0. The fourth-order valence-corrected chi connectivity index (χ4v) is 1.78. The molecule has 0 saturated heterocycles. The van der Waals surface area contributed by atoms with Crippen molar-refractivity contribution in [3.05, 3.63) is 30.3 Å². The highest BCUT2D eigenvalue weighted by atomic mass is 16.5. The van der Waals surface area contributed by atoms with E-state index in [2.05, 4.69) is 6.92 Å². The smallest absolute Gasteiger partial charge is 0.119 e. The van der Waals surface area contributed by atoms with Crippen molar-refractivity contribution in [3.8, 4) is 5.75 Å². The molecule has 0 amide bonds. The van der Waals surface area contributed by atoms with Gasteiger partial charge in [0.2, 0.25) is 0 Å². The lowest BCUT2D eigenvalue weighted by atomic mass is 10.2. The number of ether oxygens (including phenoxy) is 2. The second-order valence-corrected chi connectivity index (χ2v) is 4.54. The summed E-state index contributed by atoms with van der Waals surface area (Å²) in [6.45, 7) is 4.68. The van der Waals surface area contributed by atoms with Gasteiger partial charge in [0.25, 0.3) is 0 Å². The van der Waals surface area contributed by atoms with Gasteiger partial charge in [-0.25, -0.2) is 0 Å². The molecule has 2 nitrogen and oxygen atoms in total. The molecule has 0 unspecified atom stereocenters. The molecule has 102 valence electrons. The molecule has 1 aromatic rings. The summed E-state index contributed by atoms with van der Waals surface area (Å²) >= 11 is 0. The molecule has 0 spiro atoms. The molecule has 1 aromatic carbocycles. The van der Waals surface area contributed by atoms with Gasteiger partial charge >= 0.3 is 0 Å². The lowest BCUT2D eigenvalue weighted by Gasteiger charge is -2.06. The highest BCUT2D eigenvalue weighted by Gasteiger charge is 1.93. The van der Waals surface area contributed by atoms with Gasteiger partial charge in [-0.3, -0.25) is 0 Å². The van der Waals surface area contributed by atoms with Crippen LogP contribution in [0.3, 0.4) is 0 Å². The Bertz CT molecular complexity index is 272. The number of hydrogen-bond donors (Lipinski definition) is 0. The van der Waals surface area contributed by atoms with Gasteiger partial charge in [-0.15, -0.1) is 0 Å². The molecule has 0 heterocycles. The largest absolute Gasteiger partial charge is 0.494 e. The molecule has 2 heteroatoms. The van der Waals surface area contributed by atoms with E-state index in [4.69, 9.17) is 9.47 Å². The van der Waals surface area contributed by atoms with E-state index in [1.807, 2.05) is 30.3 Å². The van der Waals surface area contributed by atoms with E-state index in [1.54, 1.807) is 0 Å². The summed E-state index contributed by atoms with van der Waals surface area (Å²) in [6, 6.07) is 9.93. The third-order valence-corrected chi connectivity index (χ3v) is 2.84. The normalized spacial score (nSPS) is 10.5. The van der Waals surface area contributed by atoms with Crippen LogP contribution in [0.1, 0.15) is 45.4 Å². The van der Waals surface area contributed by atoms with E-state index in [1.165, 1.54) is 32.1 Å². The van der Waals surface area contributed by atoms with E-state index >= 15 is 0 Å². The van der Waals surface area contributed by atoms with Crippen molar-refractivity contribution >= 4 is 0 Å². The van der Waals surface area contributed by atoms with Gasteiger partial charge < -0.3 is 9.47 Å². The standard InChI is InChI=1S/C16H26O2/c1-2-3-4-5-9-13-17-14-10-15-18-16-11-7-6-8-12-16/h6-8,11-12H,2-5,9-10,13-15H2,1H3. The molecule has 0 aliphatic heterocycles. The zero-order valence-corrected chi connectivity index (χ0v) is 11.6. The van der Waals surface area contributed by atoms with Gasteiger partial charge in [0.1, 0.15) is 5.75 Å². The van der Waals surface area contributed by atoms with E-state index in [0.29, 0.717) is 0 Å². The summed E-state index contributed by atoms with van der Waals surface area (Å²) in [6.07, 6.45) is 7.46. The maximum Gasteiger partial charge on any atom is 0.119 e. The quantitative estimate of drug-likeness (QED) is 0.540. The lowest BCUT2D eigenvalue weighted by Crippen LogP contribution is -2.03. The van der Waals surface area contributed by atoms with Crippen molar-refractivity contribution in [3.63, 3.8) is 0 Å². The van der Waals surface area contributed by atoms with E-state index < -0.39 is 0 Å². The van der Waals surface area contributed by atoms with Gasteiger partial charge in [0.05, 0.1) is 6.61 Å². The molecular formula is C16H26O2. The first-order valence-corrected chi connectivity index (χ1v) is 7.19. The SMILES string of the molecule is CCCCCCCOCCCOc1ccccc1. The second-order valence-electron chi connectivity index (χ2n) is 4.54. The molecule has 0 N–H and O–H groups in total. The molecule has 0 radical (unpaired) electrons. The summed E-state index contributed by atoms with van der Waals surface area (Å²) in [5.41, 5.74) is 0. The molecule has 0 saturated carbocycles. The van der Waals surface area contributed by atoms with Crippen LogP contribution < -0.4 is 4.74 Å². The van der Waals surface area contributed by atoms with E-state index in [9.17, 15) is 0 Å². The van der Waals surface area contributed by atoms with Crippen LogP contribution >= 0.6 is 0 Å². The predicted molar refractivity (Wildman–Crippen MR) is 76.1 cm³/mol. The summed E-state index contributed by atoms with van der Waals surface area (Å²) in [5, 5.41) is 0.